The van der Waals surface area contributed by atoms with Gasteiger partial charge in [-0.2, -0.15) is 0 Å². The van der Waals surface area contributed by atoms with E-state index in [9.17, 15) is 9.59 Å². The van der Waals surface area contributed by atoms with E-state index in [1.165, 1.54) is 17.3 Å². The van der Waals surface area contributed by atoms with Crippen LogP contribution in [0.25, 0.3) is 0 Å². The number of anilines is 1. The van der Waals surface area contributed by atoms with Crippen molar-refractivity contribution in [2.75, 3.05) is 17.7 Å². The summed E-state index contributed by atoms with van der Waals surface area (Å²) < 4.78 is 7.40. The summed E-state index contributed by atoms with van der Waals surface area (Å²) in [5.74, 6) is 1.24. The molecular weight excluding hydrogens is 509 g/mol. The number of thioether (sulfide) groups is 1. The Balaban J connectivity index is 1.48. The van der Waals surface area contributed by atoms with Gasteiger partial charge in [-0.15, -0.1) is 10.2 Å². The van der Waals surface area contributed by atoms with Crippen LogP contribution in [0.4, 0.5) is 5.69 Å². The first-order valence-electron chi connectivity index (χ1n) is 11.1. The zero-order chi connectivity index (χ0) is 25.4. The Morgan fingerprint density at radius 1 is 1.09 bits per heavy atom. The van der Waals surface area contributed by atoms with Crippen LogP contribution >= 0.6 is 35.0 Å². The van der Waals surface area contributed by atoms with E-state index < -0.39 is 0 Å². The summed E-state index contributed by atoms with van der Waals surface area (Å²) in [6.45, 7) is 6.85. The van der Waals surface area contributed by atoms with Crippen LogP contribution in [-0.4, -0.2) is 38.9 Å². The number of ether oxygens (including phenoxy) is 1. The van der Waals surface area contributed by atoms with Gasteiger partial charge in [-0.05, 0) is 48.7 Å². The molecule has 2 aromatic carbocycles. The van der Waals surface area contributed by atoms with Crippen molar-refractivity contribution in [1.82, 2.24) is 20.1 Å². The number of carbonyl (C=O) groups is 2. The Bertz CT molecular complexity index is 1170. The van der Waals surface area contributed by atoms with E-state index in [0.717, 1.165) is 0 Å². The van der Waals surface area contributed by atoms with Crippen LogP contribution in [0.3, 0.4) is 0 Å². The molecule has 0 unspecified atom stereocenters. The number of nitrogens with one attached hydrogen (secondary N) is 2. The van der Waals surface area contributed by atoms with Crippen LogP contribution < -0.4 is 15.4 Å². The van der Waals surface area contributed by atoms with Gasteiger partial charge < -0.3 is 19.9 Å². The second kappa shape index (κ2) is 12.8. The first-order chi connectivity index (χ1) is 16.8. The van der Waals surface area contributed by atoms with Gasteiger partial charge in [0.1, 0.15) is 5.75 Å². The van der Waals surface area contributed by atoms with Crippen LogP contribution in [0.5, 0.6) is 5.75 Å². The molecule has 0 bridgehead atoms. The van der Waals surface area contributed by atoms with Gasteiger partial charge in [0.25, 0.3) is 5.91 Å². The highest BCUT2D eigenvalue weighted by Crippen LogP contribution is 2.26. The highest BCUT2D eigenvalue weighted by molar-refractivity contribution is 7.99. The van der Waals surface area contributed by atoms with Gasteiger partial charge in [-0.3, -0.25) is 9.59 Å². The summed E-state index contributed by atoms with van der Waals surface area (Å²) in [5.41, 5.74) is 1.66. The molecule has 0 atom stereocenters. The Kier molecular flexibility index (Phi) is 9.83. The number of benzene rings is 2. The first-order valence-corrected chi connectivity index (χ1v) is 12.8. The predicted molar refractivity (Wildman–Crippen MR) is 139 cm³/mol. The van der Waals surface area contributed by atoms with Gasteiger partial charge in [0, 0.05) is 11.6 Å². The maximum absolute atomic E-state index is 12.3. The zero-order valence-corrected chi connectivity index (χ0v) is 22.0. The highest BCUT2D eigenvalue weighted by Gasteiger charge is 2.15. The van der Waals surface area contributed by atoms with Gasteiger partial charge in [0.15, 0.2) is 17.6 Å². The fourth-order valence-corrected chi connectivity index (χ4v) is 4.27. The fraction of sp³-hybridized carbons (Fsp3) is 0.333. The largest absolute Gasteiger partial charge is 0.484 e. The van der Waals surface area contributed by atoms with Gasteiger partial charge >= 0.3 is 0 Å². The lowest BCUT2D eigenvalue weighted by Gasteiger charge is -2.10. The molecule has 0 spiro atoms. The maximum Gasteiger partial charge on any atom is 0.258 e. The molecule has 3 rings (SSSR count). The molecule has 0 saturated heterocycles. The number of rotatable bonds is 11. The van der Waals surface area contributed by atoms with Gasteiger partial charge in [0.05, 0.1) is 23.0 Å². The predicted octanol–water partition coefficient (Wildman–Crippen LogP) is 5.15. The third kappa shape index (κ3) is 7.88. The number of nitrogens with zero attached hydrogens (tertiary/aromatic N) is 3. The summed E-state index contributed by atoms with van der Waals surface area (Å²) in [6, 6.07) is 12.6. The van der Waals surface area contributed by atoms with Crippen molar-refractivity contribution in [1.29, 1.82) is 0 Å². The minimum Gasteiger partial charge on any atom is -0.484 e. The standard InChI is InChI=1S/C24H27Cl2N5O3S/c1-4-31-21(12-27-22(32)13-34-18-8-5-16(6-9-18)15(2)3)29-30-24(31)35-14-23(33)28-20-11-17(25)7-10-19(20)26/h5-11,15H,4,12-14H2,1-3H3,(H,27,32)(H,28,33). The summed E-state index contributed by atoms with van der Waals surface area (Å²) in [6.07, 6.45) is 0. The lowest BCUT2D eigenvalue weighted by atomic mass is 10.0. The second-order valence-corrected chi connectivity index (χ2v) is 9.68. The average molecular weight is 536 g/mol. The molecule has 1 aromatic heterocycles. The summed E-state index contributed by atoms with van der Waals surface area (Å²) in [4.78, 5) is 24.6. The second-order valence-electron chi connectivity index (χ2n) is 7.89. The van der Waals surface area contributed by atoms with Gasteiger partial charge in [-0.1, -0.05) is 60.9 Å². The minimum atomic E-state index is -0.268. The fourth-order valence-electron chi connectivity index (χ4n) is 3.11. The third-order valence-electron chi connectivity index (χ3n) is 5.00. The summed E-state index contributed by atoms with van der Waals surface area (Å²) in [7, 11) is 0. The monoisotopic (exact) mass is 535 g/mol. The summed E-state index contributed by atoms with van der Waals surface area (Å²) >= 11 is 13.3. The molecule has 11 heteroatoms. The van der Waals surface area contributed by atoms with Crippen LogP contribution in [0.1, 0.15) is 38.1 Å². The molecule has 35 heavy (non-hydrogen) atoms. The van der Waals surface area contributed by atoms with Crippen molar-refractivity contribution in [3.05, 3.63) is 63.9 Å². The lowest BCUT2D eigenvalue weighted by Crippen LogP contribution is -2.29. The molecule has 8 nitrogen and oxygen atoms in total. The Labute approximate surface area is 218 Å². The Hall–Kier alpha value is -2.75. The molecule has 2 N–H and O–H groups in total. The third-order valence-corrected chi connectivity index (χ3v) is 6.54. The molecule has 2 amide bonds. The van der Waals surface area contributed by atoms with E-state index >= 15 is 0 Å². The molecule has 0 aliphatic rings. The SMILES string of the molecule is CCn1c(CNC(=O)COc2ccc(C(C)C)cc2)nnc1SCC(=O)Nc1cc(Cl)ccc1Cl. The van der Waals surface area contributed by atoms with Crippen LogP contribution in [0.2, 0.25) is 10.0 Å². The number of halogens is 2. The quantitative estimate of drug-likeness (QED) is 0.329. The smallest absolute Gasteiger partial charge is 0.258 e. The molecule has 0 saturated carbocycles. The molecule has 186 valence electrons. The molecule has 0 radical (unpaired) electrons. The highest BCUT2D eigenvalue weighted by atomic mass is 35.5. The Morgan fingerprint density at radius 2 is 1.83 bits per heavy atom. The topological polar surface area (TPSA) is 98.1 Å². The van der Waals surface area contributed by atoms with E-state index in [2.05, 4.69) is 34.7 Å². The van der Waals surface area contributed by atoms with Crippen molar-refractivity contribution in [2.45, 2.75) is 44.9 Å². The molecule has 3 aromatic rings. The molecule has 0 fully saturated rings. The van der Waals surface area contributed by atoms with Crippen molar-refractivity contribution < 1.29 is 14.3 Å². The number of aromatic nitrogens is 3. The van der Waals surface area contributed by atoms with Crippen molar-refractivity contribution in [3.63, 3.8) is 0 Å². The normalized spacial score (nSPS) is 10.9. The van der Waals surface area contributed by atoms with Gasteiger partial charge in [-0.25, -0.2) is 0 Å². The molecule has 0 aliphatic heterocycles. The molecule has 0 aliphatic carbocycles. The van der Waals surface area contributed by atoms with Gasteiger partial charge in [0.2, 0.25) is 5.91 Å². The Morgan fingerprint density at radius 3 is 2.51 bits per heavy atom. The maximum atomic E-state index is 12.3. The van der Waals surface area contributed by atoms with Crippen molar-refractivity contribution in [3.8, 4) is 5.75 Å². The van der Waals surface area contributed by atoms with E-state index in [1.807, 2.05) is 35.8 Å². The number of hydrogen-bond acceptors (Lipinski definition) is 6. The van der Waals surface area contributed by atoms with E-state index in [0.29, 0.717) is 44.9 Å². The summed E-state index contributed by atoms with van der Waals surface area (Å²) in [5, 5.41) is 15.3. The van der Waals surface area contributed by atoms with E-state index in [4.69, 9.17) is 27.9 Å². The van der Waals surface area contributed by atoms with E-state index in [-0.39, 0.29) is 30.7 Å². The lowest BCUT2D eigenvalue weighted by molar-refractivity contribution is -0.123. The molecular formula is C24H27Cl2N5O3S. The zero-order valence-electron chi connectivity index (χ0n) is 19.7. The van der Waals surface area contributed by atoms with Crippen molar-refractivity contribution >= 4 is 52.5 Å². The number of carbonyl (C=O) groups excluding carboxylic acids is 2. The minimum absolute atomic E-state index is 0.102. The first kappa shape index (κ1) is 26.8. The van der Waals surface area contributed by atoms with E-state index in [1.54, 1.807) is 18.2 Å². The molecule has 1 heterocycles. The van der Waals surface area contributed by atoms with Crippen LogP contribution in [0.15, 0.2) is 47.6 Å². The number of amides is 2. The average Bonchev–Trinajstić information content (AvgIpc) is 3.24. The number of hydrogen-bond donors (Lipinski definition) is 2. The van der Waals surface area contributed by atoms with Crippen molar-refractivity contribution in [2.24, 2.45) is 0 Å². The van der Waals surface area contributed by atoms with Crippen LogP contribution in [-0.2, 0) is 22.7 Å². The van der Waals surface area contributed by atoms with Crippen LogP contribution in [0, 0.1) is 0 Å².